The number of ether oxygens (including phenoxy) is 3. The van der Waals surface area contributed by atoms with Crippen molar-refractivity contribution >= 4 is 23.1 Å². The Morgan fingerprint density at radius 3 is 2.82 bits per heavy atom. The lowest BCUT2D eigenvalue weighted by Crippen LogP contribution is -2.14. The molecule has 1 fully saturated rings. The van der Waals surface area contributed by atoms with Gasteiger partial charge in [-0.2, -0.15) is 15.3 Å². The summed E-state index contributed by atoms with van der Waals surface area (Å²) in [7, 11) is 1.89. The summed E-state index contributed by atoms with van der Waals surface area (Å²) >= 11 is 0. The normalized spacial score (nSPS) is 19.4. The summed E-state index contributed by atoms with van der Waals surface area (Å²) in [6.45, 7) is 4.47. The Morgan fingerprint density at radius 1 is 1.09 bits per heavy atom. The maximum atomic E-state index is 6.29. The number of H-pyrrole nitrogens is 1. The van der Waals surface area contributed by atoms with Gasteiger partial charge in [0.05, 0.1) is 60.1 Å². The van der Waals surface area contributed by atoms with E-state index in [9.17, 15) is 0 Å². The number of nitrogens with one attached hydrogen (secondary N) is 1. The summed E-state index contributed by atoms with van der Waals surface area (Å²) in [6.07, 6.45) is 7.63. The lowest BCUT2D eigenvalue weighted by Gasteiger charge is -2.15. The number of hydrogen-bond acceptors (Lipinski definition) is 6. The van der Waals surface area contributed by atoms with Gasteiger partial charge in [-0.25, -0.2) is 9.36 Å². The van der Waals surface area contributed by atoms with E-state index in [0.717, 1.165) is 70.2 Å². The molecule has 2 aliphatic heterocycles. The van der Waals surface area contributed by atoms with E-state index in [2.05, 4.69) is 33.5 Å². The summed E-state index contributed by atoms with van der Waals surface area (Å²) < 4.78 is 21.8. The molecule has 1 saturated heterocycles. The molecule has 1 aromatic carbocycles. The molecule has 0 saturated carbocycles. The Labute approximate surface area is 190 Å². The maximum absolute atomic E-state index is 6.29. The number of fused-ring (bicyclic) bond motifs is 4. The Bertz CT molecular complexity index is 1340. The van der Waals surface area contributed by atoms with Gasteiger partial charge in [0, 0.05) is 25.5 Å². The molecule has 1 atom stereocenters. The van der Waals surface area contributed by atoms with E-state index in [1.807, 2.05) is 37.0 Å². The van der Waals surface area contributed by atoms with Gasteiger partial charge in [-0.3, -0.25) is 5.10 Å². The van der Waals surface area contributed by atoms with E-state index in [1.165, 1.54) is 0 Å². The van der Waals surface area contributed by atoms with Gasteiger partial charge in [-0.15, -0.1) is 0 Å². The maximum Gasteiger partial charge on any atom is 0.219 e. The van der Waals surface area contributed by atoms with Crippen LogP contribution in [-0.2, 0) is 11.8 Å². The topological polar surface area (TPSA) is 92.0 Å². The second-order valence-corrected chi connectivity index (χ2v) is 8.51. The second kappa shape index (κ2) is 8.08. The predicted molar refractivity (Wildman–Crippen MR) is 124 cm³/mol. The first kappa shape index (κ1) is 20.0. The first-order valence-electron chi connectivity index (χ1n) is 11.3. The number of hydrogen-bond donors (Lipinski definition) is 1. The standard InChI is InChI=1S/C24H26N6O3/c1-15-18-5-7-22-19-12-16(4-6-21(19)26-27-22)20-13-25-29(2)23(20)32-9-3-10-33-24(18)30(28-15)17-8-11-31-14-17/h4-7,12-13,17H,3,8-11,14H2,1-2H3,(H,26,27)/b7-5+. The van der Waals surface area contributed by atoms with Crippen LogP contribution in [0, 0.1) is 6.92 Å². The molecule has 4 aromatic rings. The van der Waals surface area contributed by atoms with Crippen LogP contribution in [0.15, 0.2) is 24.4 Å². The van der Waals surface area contributed by atoms with E-state index in [4.69, 9.17) is 19.3 Å². The molecule has 0 amide bonds. The van der Waals surface area contributed by atoms with Crippen molar-refractivity contribution in [2.45, 2.75) is 25.8 Å². The van der Waals surface area contributed by atoms with Gasteiger partial charge in [0.25, 0.3) is 0 Å². The van der Waals surface area contributed by atoms with Gasteiger partial charge < -0.3 is 14.2 Å². The van der Waals surface area contributed by atoms with Crippen LogP contribution in [0.25, 0.3) is 34.2 Å². The highest BCUT2D eigenvalue weighted by Gasteiger charge is 2.25. The first-order valence-corrected chi connectivity index (χ1v) is 11.3. The Hall–Kier alpha value is -3.59. The third-order valence-electron chi connectivity index (χ3n) is 6.30. The van der Waals surface area contributed by atoms with E-state index in [-0.39, 0.29) is 6.04 Å². The van der Waals surface area contributed by atoms with Gasteiger partial charge in [-0.1, -0.05) is 6.07 Å². The fourth-order valence-electron chi connectivity index (χ4n) is 4.52. The molecule has 1 N–H and O–H groups in total. The Balaban J connectivity index is 1.47. The molecular weight excluding hydrogens is 420 g/mol. The molecule has 0 spiro atoms. The first-order chi connectivity index (χ1) is 16.2. The van der Waals surface area contributed by atoms with Crippen LogP contribution in [-0.4, -0.2) is 56.2 Å². The number of rotatable bonds is 1. The van der Waals surface area contributed by atoms with Crippen molar-refractivity contribution in [3.63, 3.8) is 0 Å². The minimum atomic E-state index is 0.187. The lowest BCUT2D eigenvalue weighted by molar-refractivity contribution is 0.177. The summed E-state index contributed by atoms with van der Waals surface area (Å²) in [5, 5.41) is 17.9. The van der Waals surface area contributed by atoms with E-state index >= 15 is 0 Å². The zero-order valence-corrected chi connectivity index (χ0v) is 18.7. The Kier molecular flexibility index (Phi) is 4.91. The smallest absolute Gasteiger partial charge is 0.219 e. The van der Waals surface area contributed by atoms with Crippen LogP contribution in [0.3, 0.4) is 0 Å². The number of aryl methyl sites for hydroxylation is 2. The highest BCUT2D eigenvalue weighted by atomic mass is 16.5. The van der Waals surface area contributed by atoms with Gasteiger partial charge in [0.15, 0.2) is 0 Å². The summed E-state index contributed by atoms with van der Waals surface area (Å²) in [6, 6.07) is 6.39. The highest BCUT2D eigenvalue weighted by molar-refractivity contribution is 5.93. The summed E-state index contributed by atoms with van der Waals surface area (Å²) in [5.41, 5.74) is 5.73. The fraction of sp³-hybridized carbons (Fsp3) is 0.375. The number of aromatic nitrogens is 6. The molecule has 9 heteroatoms. The third-order valence-corrected chi connectivity index (χ3v) is 6.30. The van der Waals surface area contributed by atoms with Crippen LogP contribution >= 0.6 is 0 Å². The van der Waals surface area contributed by atoms with Gasteiger partial charge in [0.2, 0.25) is 11.8 Å². The molecule has 6 rings (SSSR count). The minimum Gasteiger partial charge on any atom is -0.477 e. The van der Waals surface area contributed by atoms with E-state index in [0.29, 0.717) is 19.8 Å². The van der Waals surface area contributed by atoms with Gasteiger partial charge in [-0.05, 0) is 43.2 Å². The molecule has 0 aliphatic carbocycles. The second-order valence-electron chi connectivity index (χ2n) is 8.51. The molecule has 2 bridgehead atoms. The molecule has 33 heavy (non-hydrogen) atoms. The fourth-order valence-corrected chi connectivity index (χ4v) is 4.52. The molecule has 3 aromatic heterocycles. The molecule has 1 unspecified atom stereocenters. The highest BCUT2D eigenvalue weighted by Crippen LogP contribution is 2.34. The number of aromatic amines is 1. The van der Waals surface area contributed by atoms with Crippen LogP contribution < -0.4 is 9.47 Å². The van der Waals surface area contributed by atoms with Crippen molar-refractivity contribution < 1.29 is 14.2 Å². The lowest BCUT2D eigenvalue weighted by atomic mass is 10.1. The quantitative estimate of drug-likeness (QED) is 0.479. The van der Waals surface area contributed by atoms with Crippen molar-refractivity contribution in [1.29, 1.82) is 0 Å². The Morgan fingerprint density at radius 2 is 1.97 bits per heavy atom. The zero-order chi connectivity index (χ0) is 22.4. The minimum absolute atomic E-state index is 0.187. The molecular formula is C24H26N6O3. The molecule has 0 radical (unpaired) electrons. The number of benzene rings is 1. The van der Waals surface area contributed by atoms with Gasteiger partial charge >= 0.3 is 0 Å². The van der Waals surface area contributed by atoms with E-state index in [1.54, 1.807) is 4.68 Å². The zero-order valence-electron chi connectivity index (χ0n) is 18.7. The third kappa shape index (κ3) is 3.48. The predicted octanol–water partition coefficient (Wildman–Crippen LogP) is 3.76. The number of nitrogens with zero attached hydrogens (tertiary/aromatic N) is 5. The van der Waals surface area contributed by atoms with Crippen molar-refractivity contribution in [3.05, 3.63) is 41.3 Å². The monoisotopic (exact) mass is 446 g/mol. The largest absolute Gasteiger partial charge is 0.477 e. The SMILES string of the molecule is Cc1nn(C2CCOC2)c2c1/C=C/c1[nH]nc3ccc(cc13)-c1cnn(C)c1OCCCO2. The van der Waals surface area contributed by atoms with Crippen LogP contribution in [0.5, 0.6) is 11.8 Å². The molecule has 9 nitrogen and oxygen atoms in total. The van der Waals surface area contributed by atoms with Crippen LogP contribution in [0.1, 0.15) is 35.8 Å². The van der Waals surface area contributed by atoms with Crippen molar-refractivity contribution in [1.82, 2.24) is 29.8 Å². The summed E-state index contributed by atoms with van der Waals surface area (Å²) in [4.78, 5) is 0. The van der Waals surface area contributed by atoms with Crippen molar-refractivity contribution in [2.24, 2.45) is 7.05 Å². The van der Waals surface area contributed by atoms with Crippen LogP contribution in [0.4, 0.5) is 0 Å². The van der Waals surface area contributed by atoms with Crippen molar-refractivity contribution in [2.75, 3.05) is 26.4 Å². The average molecular weight is 447 g/mol. The summed E-state index contributed by atoms with van der Waals surface area (Å²) in [5.74, 6) is 1.52. The average Bonchev–Trinajstić information content (AvgIpc) is 3.59. The van der Waals surface area contributed by atoms with Gasteiger partial charge in [0.1, 0.15) is 0 Å². The van der Waals surface area contributed by atoms with E-state index < -0.39 is 0 Å². The van der Waals surface area contributed by atoms with Crippen LogP contribution in [0.2, 0.25) is 0 Å². The molecule has 5 heterocycles. The van der Waals surface area contributed by atoms with Crippen molar-refractivity contribution in [3.8, 4) is 22.9 Å². The molecule has 170 valence electrons. The molecule has 2 aliphatic rings.